The number of phenols is 1. The lowest BCUT2D eigenvalue weighted by atomic mass is 9.51. The minimum atomic E-state index is -1.24. The Morgan fingerprint density at radius 3 is 2.04 bits per heavy atom. The van der Waals surface area contributed by atoms with Crippen LogP contribution in [0.2, 0.25) is 0 Å². The number of fused-ring (bicyclic) bond motifs is 4. The molecule has 1 saturated carbocycles. The van der Waals surface area contributed by atoms with Crippen molar-refractivity contribution in [1.29, 1.82) is 0 Å². The maximum absolute atomic E-state index is 14.5. The molecule has 2 aliphatic carbocycles. The van der Waals surface area contributed by atoms with Crippen molar-refractivity contribution in [2.45, 2.75) is 32.6 Å². The van der Waals surface area contributed by atoms with Gasteiger partial charge in [-0.15, -0.1) is 0 Å². The Labute approximate surface area is 283 Å². The molecule has 8 rings (SSSR count). The van der Waals surface area contributed by atoms with Crippen molar-refractivity contribution < 1.29 is 29.1 Å². The predicted molar refractivity (Wildman–Crippen MR) is 183 cm³/mol. The predicted octanol–water partition coefficient (Wildman–Crippen LogP) is 6.37. The van der Waals surface area contributed by atoms with Crippen molar-refractivity contribution in [3.05, 3.63) is 137 Å². The van der Waals surface area contributed by atoms with E-state index >= 15 is 0 Å². The molecule has 0 radical (unpaired) electrons. The first-order valence-corrected chi connectivity index (χ1v) is 16.6. The number of allylic oxidation sites excluding steroid dienone is 2. The number of hydrogen-bond donors (Lipinski definition) is 1. The molecule has 244 valence electrons. The van der Waals surface area contributed by atoms with E-state index in [0.29, 0.717) is 33.6 Å². The number of nitrogens with zero attached hydrogens (tertiary/aromatic N) is 2. The summed E-state index contributed by atoms with van der Waals surface area (Å²) in [5.74, 6) is -4.85. The summed E-state index contributed by atoms with van der Waals surface area (Å²) in [4.78, 5) is 72.7. The molecule has 4 aromatic carbocycles. The van der Waals surface area contributed by atoms with E-state index in [9.17, 15) is 29.1 Å². The monoisotopic (exact) mass is 650 g/mol. The van der Waals surface area contributed by atoms with Crippen LogP contribution in [0, 0.1) is 36.0 Å². The minimum absolute atomic E-state index is 0.0511. The Balaban J connectivity index is 1.19. The summed E-state index contributed by atoms with van der Waals surface area (Å²) < 4.78 is 0. The van der Waals surface area contributed by atoms with Gasteiger partial charge in [0.05, 0.1) is 34.5 Å². The largest absolute Gasteiger partial charge is 0.507 e. The molecule has 1 N–H and O–H groups in total. The summed E-state index contributed by atoms with van der Waals surface area (Å²) in [5, 5.41) is 11.4. The number of para-hydroxylation sites is 2. The molecule has 4 aliphatic rings. The van der Waals surface area contributed by atoms with Crippen LogP contribution in [0.15, 0.2) is 115 Å². The minimum Gasteiger partial charge on any atom is -0.507 e. The molecule has 0 bridgehead atoms. The van der Waals surface area contributed by atoms with Gasteiger partial charge in [0.1, 0.15) is 5.75 Å². The fourth-order valence-electron chi connectivity index (χ4n) is 8.87. The highest BCUT2D eigenvalue weighted by atomic mass is 16.3. The fraction of sp³-hybridized carbons (Fsp3) is 0.244. The second-order valence-corrected chi connectivity index (χ2v) is 13.8. The number of aromatic hydroxyl groups is 1. The Hall–Kier alpha value is -5.63. The molecule has 8 nitrogen and oxygen atoms in total. The van der Waals surface area contributed by atoms with Gasteiger partial charge in [0.15, 0.2) is 5.78 Å². The normalized spacial score (nSPS) is 27.5. The first-order valence-electron chi connectivity index (χ1n) is 16.6. The van der Waals surface area contributed by atoms with Crippen molar-refractivity contribution >= 4 is 40.8 Å². The van der Waals surface area contributed by atoms with Gasteiger partial charge in [-0.3, -0.25) is 28.9 Å². The van der Waals surface area contributed by atoms with Gasteiger partial charge in [0, 0.05) is 22.6 Å². The maximum atomic E-state index is 14.5. The molecule has 0 aromatic heterocycles. The van der Waals surface area contributed by atoms with Gasteiger partial charge in [-0.2, -0.15) is 0 Å². The zero-order valence-corrected chi connectivity index (χ0v) is 27.1. The topological polar surface area (TPSA) is 112 Å². The lowest BCUT2D eigenvalue weighted by molar-refractivity contribution is -0.131. The average molecular weight is 651 g/mol. The molecular formula is C41H34N2O6. The molecule has 49 heavy (non-hydrogen) atoms. The van der Waals surface area contributed by atoms with Crippen molar-refractivity contribution in [1.82, 2.24) is 0 Å². The van der Waals surface area contributed by atoms with E-state index in [1.165, 1.54) is 9.80 Å². The number of imide groups is 2. The van der Waals surface area contributed by atoms with Gasteiger partial charge in [0.25, 0.3) is 0 Å². The van der Waals surface area contributed by atoms with Crippen LogP contribution in [-0.2, 0) is 19.2 Å². The van der Waals surface area contributed by atoms with E-state index in [-0.39, 0.29) is 48.0 Å². The van der Waals surface area contributed by atoms with E-state index in [2.05, 4.69) is 0 Å². The molecular weight excluding hydrogens is 616 g/mol. The number of aryl methyl sites for hydroxylation is 1. The van der Waals surface area contributed by atoms with Crippen LogP contribution in [0.5, 0.6) is 5.75 Å². The maximum Gasteiger partial charge on any atom is 0.241 e. The van der Waals surface area contributed by atoms with E-state index in [0.717, 1.165) is 5.57 Å². The molecule has 2 saturated heterocycles. The smallest absolute Gasteiger partial charge is 0.241 e. The Kier molecular flexibility index (Phi) is 7.03. The second kappa shape index (κ2) is 11.2. The lowest BCUT2D eigenvalue weighted by Crippen LogP contribution is -2.49. The molecule has 4 aromatic rings. The zero-order valence-electron chi connectivity index (χ0n) is 27.1. The van der Waals surface area contributed by atoms with E-state index in [4.69, 9.17) is 0 Å². The van der Waals surface area contributed by atoms with Crippen LogP contribution in [0.4, 0.5) is 11.4 Å². The van der Waals surface area contributed by atoms with Gasteiger partial charge < -0.3 is 5.11 Å². The fourth-order valence-corrected chi connectivity index (χ4v) is 8.87. The van der Waals surface area contributed by atoms with Crippen LogP contribution in [0.3, 0.4) is 0 Å². The molecule has 6 unspecified atom stereocenters. The third kappa shape index (κ3) is 4.39. The third-order valence-electron chi connectivity index (χ3n) is 11.3. The number of carbonyl (C=O) groups excluding carboxylic acids is 5. The highest BCUT2D eigenvalue weighted by Crippen LogP contribution is 2.64. The Morgan fingerprint density at radius 2 is 1.35 bits per heavy atom. The molecule has 2 aliphatic heterocycles. The van der Waals surface area contributed by atoms with Crippen molar-refractivity contribution in [3.63, 3.8) is 0 Å². The number of rotatable bonds is 5. The summed E-state index contributed by atoms with van der Waals surface area (Å²) in [6.07, 6.45) is 2.48. The molecule has 2 heterocycles. The SMILES string of the molecule is Cc1cccc(C2C3=CCC4C(=O)N(c5ccc(C(=O)c6ccccc6)cc5)C(=O)C4C3CC3C(=O)N(c4ccccc4)C(=O)C32C)c1O. The standard InChI is InChI=1S/C41H34N2O6/c1-23-10-9-15-30(35(23)44)34-28-20-21-29-33(31(28)22-32-38(47)43(40(49)41(32,34)2)26-13-7-4-8-14-26)39(48)42(37(29)46)27-18-16-25(17-19-27)36(45)24-11-5-3-6-12-24/h3-20,29,31-34,44H,21-22H2,1-2H3. The van der Waals surface area contributed by atoms with Crippen LogP contribution in [0.25, 0.3) is 0 Å². The quantitative estimate of drug-likeness (QED) is 0.153. The first kappa shape index (κ1) is 30.7. The summed E-state index contributed by atoms with van der Waals surface area (Å²) in [6, 6.07) is 29.6. The van der Waals surface area contributed by atoms with E-state index in [1.54, 1.807) is 91.9 Å². The molecule has 8 heteroatoms. The van der Waals surface area contributed by atoms with E-state index < -0.39 is 35.0 Å². The molecule has 0 spiro atoms. The third-order valence-corrected chi connectivity index (χ3v) is 11.3. The van der Waals surface area contributed by atoms with Gasteiger partial charge >= 0.3 is 0 Å². The summed E-state index contributed by atoms with van der Waals surface area (Å²) in [5.41, 5.74) is 2.58. The molecule has 6 atom stereocenters. The number of carbonyl (C=O) groups is 5. The zero-order chi connectivity index (χ0) is 34.2. The number of anilines is 2. The molecule has 3 fully saturated rings. The molecule has 4 amide bonds. The van der Waals surface area contributed by atoms with Gasteiger partial charge in [-0.05, 0) is 74.6 Å². The number of amides is 4. The van der Waals surface area contributed by atoms with E-state index in [1.807, 2.05) is 31.2 Å². The van der Waals surface area contributed by atoms with Crippen LogP contribution >= 0.6 is 0 Å². The van der Waals surface area contributed by atoms with Crippen LogP contribution in [0.1, 0.15) is 52.7 Å². The van der Waals surface area contributed by atoms with Crippen molar-refractivity contribution in [2.24, 2.45) is 29.1 Å². The van der Waals surface area contributed by atoms with Gasteiger partial charge in [-0.25, -0.2) is 4.90 Å². The number of phenolic OH excluding ortho intramolecular Hbond substituents is 1. The second-order valence-electron chi connectivity index (χ2n) is 13.8. The van der Waals surface area contributed by atoms with Gasteiger partial charge in [0.2, 0.25) is 23.6 Å². The van der Waals surface area contributed by atoms with Crippen LogP contribution < -0.4 is 9.80 Å². The first-order chi connectivity index (χ1) is 23.6. The number of ketones is 1. The highest BCUT2D eigenvalue weighted by molar-refractivity contribution is 6.25. The van der Waals surface area contributed by atoms with Crippen molar-refractivity contribution in [3.8, 4) is 5.75 Å². The average Bonchev–Trinajstić information content (AvgIpc) is 3.49. The summed E-state index contributed by atoms with van der Waals surface area (Å²) in [7, 11) is 0. The number of hydrogen-bond acceptors (Lipinski definition) is 6. The Bertz CT molecular complexity index is 2090. The van der Waals surface area contributed by atoms with Gasteiger partial charge in [-0.1, -0.05) is 78.4 Å². The number of benzene rings is 4. The Morgan fingerprint density at radius 1 is 0.714 bits per heavy atom. The summed E-state index contributed by atoms with van der Waals surface area (Å²) >= 11 is 0. The summed E-state index contributed by atoms with van der Waals surface area (Å²) in [6.45, 7) is 3.60. The van der Waals surface area contributed by atoms with Crippen LogP contribution in [-0.4, -0.2) is 34.5 Å². The lowest BCUT2D eigenvalue weighted by Gasteiger charge is -2.49. The highest BCUT2D eigenvalue weighted by Gasteiger charge is 2.68. The van der Waals surface area contributed by atoms with Crippen molar-refractivity contribution in [2.75, 3.05) is 9.80 Å².